The fourth-order valence-corrected chi connectivity index (χ4v) is 2.82. The smallest absolute Gasteiger partial charge is 0.262 e. The molecule has 0 heterocycles. The third-order valence-corrected chi connectivity index (χ3v) is 4.82. The highest BCUT2D eigenvalue weighted by Crippen LogP contribution is 2.28. The predicted molar refractivity (Wildman–Crippen MR) is 97.1 cm³/mol. The maximum Gasteiger partial charge on any atom is 0.262 e. The predicted octanol–water partition coefficient (Wildman–Crippen LogP) is 2.87. The van der Waals surface area contributed by atoms with Crippen LogP contribution >= 0.6 is 0 Å². The van der Waals surface area contributed by atoms with E-state index in [2.05, 4.69) is 19.2 Å². The van der Waals surface area contributed by atoms with Gasteiger partial charge in [-0.1, -0.05) is 32.0 Å². The van der Waals surface area contributed by atoms with E-state index in [0.29, 0.717) is 17.4 Å². The van der Waals surface area contributed by atoms with Gasteiger partial charge in [0, 0.05) is 5.69 Å². The van der Waals surface area contributed by atoms with Gasteiger partial charge < -0.3 is 10.1 Å². The van der Waals surface area contributed by atoms with Gasteiger partial charge in [-0.15, -0.1) is 0 Å². The minimum Gasteiger partial charge on any atom is -0.483 e. The van der Waals surface area contributed by atoms with Gasteiger partial charge in [-0.3, -0.25) is 4.79 Å². The Balaban J connectivity index is 1.98. The van der Waals surface area contributed by atoms with Gasteiger partial charge in [0.05, 0.1) is 4.90 Å². The van der Waals surface area contributed by atoms with Crippen LogP contribution in [-0.4, -0.2) is 20.9 Å². The third kappa shape index (κ3) is 5.30. The fourth-order valence-electron chi connectivity index (χ4n) is 2.31. The van der Waals surface area contributed by atoms with Crippen LogP contribution in [0.5, 0.6) is 5.75 Å². The number of ether oxygens (including phenoxy) is 1. The van der Waals surface area contributed by atoms with Crippen molar-refractivity contribution in [1.82, 2.24) is 0 Å². The summed E-state index contributed by atoms with van der Waals surface area (Å²) in [6.45, 7) is 4.07. The van der Waals surface area contributed by atoms with Crippen LogP contribution in [0.1, 0.15) is 31.7 Å². The Morgan fingerprint density at radius 2 is 1.80 bits per heavy atom. The summed E-state index contributed by atoms with van der Waals surface area (Å²) in [5.41, 5.74) is 1.53. The van der Waals surface area contributed by atoms with Gasteiger partial charge in [-0.05, 0) is 48.2 Å². The normalized spacial score (nSPS) is 12.4. The zero-order valence-corrected chi connectivity index (χ0v) is 15.0. The molecule has 0 aliphatic carbocycles. The van der Waals surface area contributed by atoms with Crippen molar-refractivity contribution in [2.45, 2.75) is 31.1 Å². The molecule has 7 heteroatoms. The van der Waals surface area contributed by atoms with Gasteiger partial charge in [0.25, 0.3) is 5.91 Å². The van der Waals surface area contributed by atoms with E-state index in [1.807, 2.05) is 24.3 Å². The number of sulfonamides is 1. The van der Waals surface area contributed by atoms with Crippen LogP contribution in [-0.2, 0) is 14.8 Å². The molecule has 2 aromatic rings. The summed E-state index contributed by atoms with van der Waals surface area (Å²) in [5, 5.41) is 7.69. The number of carbonyl (C=O) groups is 1. The molecule has 0 fully saturated rings. The summed E-state index contributed by atoms with van der Waals surface area (Å²) in [4.78, 5) is 12.0. The molecular formula is C18H22N2O4S. The number of rotatable bonds is 7. The lowest BCUT2D eigenvalue weighted by Crippen LogP contribution is -2.20. The van der Waals surface area contributed by atoms with Crippen molar-refractivity contribution in [1.29, 1.82) is 0 Å². The van der Waals surface area contributed by atoms with E-state index < -0.39 is 10.0 Å². The Morgan fingerprint density at radius 1 is 1.16 bits per heavy atom. The van der Waals surface area contributed by atoms with Crippen LogP contribution in [0.25, 0.3) is 0 Å². The van der Waals surface area contributed by atoms with Crippen LogP contribution in [0, 0.1) is 0 Å². The maximum atomic E-state index is 12.0. The van der Waals surface area contributed by atoms with Crippen molar-refractivity contribution in [3.8, 4) is 5.75 Å². The summed E-state index contributed by atoms with van der Waals surface area (Å²) < 4.78 is 28.1. The second-order valence-electron chi connectivity index (χ2n) is 5.75. The van der Waals surface area contributed by atoms with Crippen LogP contribution in [0.15, 0.2) is 53.4 Å². The largest absolute Gasteiger partial charge is 0.483 e. The van der Waals surface area contributed by atoms with Crippen molar-refractivity contribution >= 4 is 21.6 Å². The highest BCUT2D eigenvalue weighted by Gasteiger charge is 2.12. The van der Waals surface area contributed by atoms with E-state index in [0.717, 1.165) is 12.0 Å². The number of hydrogen-bond donors (Lipinski definition) is 2. The standard InChI is InChI=1S/C18H22N2O4S/c1-3-13(2)16-6-4-5-7-17(16)24-12-18(21)20-14-8-10-15(11-9-14)25(19,22)23/h4-11,13H,3,12H2,1-2H3,(H,20,21)(H2,19,22,23). The Kier molecular flexibility index (Phi) is 6.17. The van der Waals surface area contributed by atoms with Gasteiger partial charge in [0.15, 0.2) is 6.61 Å². The van der Waals surface area contributed by atoms with E-state index in [1.165, 1.54) is 24.3 Å². The second kappa shape index (κ2) is 8.13. The Labute approximate surface area is 148 Å². The molecule has 2 aromatic carbocycles. The molecule has 0 saturated heterocycles. The molecule has 6 nitrogen and oxygen atoms in total. The van der Waals surface area contributed by atoms with Crippen LogP contribution in [0.2, 0.25) is 0 Å². The molecule has 25 heavy (non-hydrogen) atoms. The molecule has 0 radical (unpaired) electrons. The zero-order chi connectivity index (χ0) is 18.4. The quantitative estimate of drug-likeness (QED) is 0.791. The molecule has 1 amide bonds. The highest BCUT2D eigenvalue weighted by atomic mass is 32.2. The topological polar surface area (TPSA) is 98.5 Å². The lowest BCUT2D eigenvalue weighted by atomic mass is 9.98. The van der Waals surface area contributed by atoms with E-state index >= 15 is 0 Å². The minimum atomic E-state index is -3.75. The molecule has 0 saturated carbocycles. The molecule has 1 atom stereocenters. The van der Waals surface area contributed by atoms with Crippen molar-refractivity contribution in [2.24, 2.45) is 5.14 Å². The summed E-state index contributed by atoms with van der Waals surface area (Å²) >= 11 is 0. The monoisotopic (exact) mass is 362 g/mol. The SMILES string of the molecule is CCC(C)c1ccccc1OCC(=O)Nc1ccc(S(N)(=O)=O)cc1. The van der Waals surface area contributed by atoms with Gasteiger partial charge in [0.1, 0.15) is 5.75 Å². The summed E-state index contributed by atoms with van der Waals surface area (Å²) in [5.74, 6) is 0.698. The second-order valence-corrected chi connectivity index (χ2v) is 7.31. The molecular weight excluding hydrogens is 340 g/mol. The molecule has 3 N–H and O–H groups in total. The average Bonchev–Trinajstić information content (AvgIpc) is 2.59. The Bertz CT molecular complexity index is 832. The fraction of sp³-hybridized carbons (Fsp3) is 0.278. The number of carbonyl (C=O) groups excluding carboxylic acids is 1. The van der Waals surface area contributed by atoms with Crippen LogP contribution in [0.4, 0.5) is 5.69 Å². The lowest BCUT2D eigenvalue weighted by Gasteiger charge is -2.15. The van der Waals surface area contributed by atoms with Gasteiger partial charge in [-0.2, -0.15) is 0 Å². The number of primary sulfonamides is 1. The number of hydrogen-bond acceptors (Lipinski definition) is 4. The molecule has 0 aliphatic heterocycles. The highest BCUT2D eigenvalue weighted by molar-refractivity contribution is 7.89. The number of benzene rings is 2. The number of para-hydroxylation sites is 1. The lowest BCUT2D eigenvalue weighted by molar-refractivity contribution is -0.118. The molecule has 2 rings (SSSR count). The third-order valence-electron chi connectivity index (χ3n) is 3.89. The number of amides is 1. The van der Waals surface area contributed by atoms with Crippen molar-refractivity contribution < 1.29 is 17.9 Å². The van der Waals surface area contributed by atoms with Crippen LogP contribution in [0.3, 0.4) is 0 Å². The van der Waals surface area contributed by atoms with Gasteiger partial charge in [0.2, 0.25) is 10.0 Å². The van der Waals surface area contributed by atoms with E-state index in [4.69, 9.17) is 9.88 Å². The minimum absolute atomic E-state index is 0.00997. The number of nitrogens with one attached hydrogen (secondary N) is 1. The first-order valence-electron chi connectivity index (χ1n) is 7.95. The van der Waals surface area contributed by atoms with Crippen molar-refractivity contribution in [3.05, 3.63) is 54.1 Å². The first-order chi connectivity index (χ1) is 11.8. The zero-order valence-electron chi connectivity index (χ0n) is 14.2. The van der Waals surface area contributed by atoms with E-state index in [1.54, 1.807) is 0 Å². The summed E-state index contributed by atoms with van der Waals surface area (Å²) in [6.07, 6.45) is 0.975. The molecule has 0 bridgehead atoms. The molecule has 0 aromatic heterocycles. The summed E-state index contributed by atoms with van der Waals surface area (Å²) in [6, 6.07) is 13.3. The molecule has 134 valence electrons. The van der Waals surface area contributed by atoms with Gasteiger partial charge in [-0.25, -0.2) is 13.6 Å². The number of nitrogens with two attached hydrogens (primary N) is 1. The first-order valence-corrected chi connectivity index (χ1v) is 9.50. The van der Waals surface area contributed by atoms with Crippen molar-refractivity contribution in [3.63, 3.8) is 0 Å². The van der Waals surface area contributed by atoms with Crippen LogP contribution < -0.4 is 15.2 Å². The van der Waals surface area contributed by atoms with E-state index in [-0.39, 0.29) is 17.4 Å². The van der Waals surface area contributed by atoms with E-state index in [9.17, 15) is 13.2 Å². The number of anilines is 1. The average molecular weight is 362 g/mol. The Morgan fingerprint density at radius 3 is 2.40 bits per heavy atom. The van der Waals surface area contributed by atoms with Gasteiger partial charge >= 0.3 is 0 Å². The molecule has 0 spiro atoms. The maximum absolute atomic E-state index is 12.0. The molecule has 0 aliphatic rings. The summed E-state index contributed by atoms with van der Waals surface area (Å²) in [7, 11) is -3.75. The van der Waals surface area contributed by atoms with Crippen molar-refractivity contribution in [2.75, 3.05) is 11.9 Å². The first kappa shape index (κ1) is 19.0. The molecule has 1 unspecified atom stereocenters. The Hall–Kier alpha value is -2.38.